The molecule has 216 valence electrons. The SMILES string of the molecule is CC(C)c1ccc(NC(=O)C2[C@H]3C=CC4(O3)C(C(=O)NC3CCCCC3)N(CCc3ccccc3Cl)C(=O)[C@@H]24)cc1. The quantitative estimate of drug-likeness (QED) is 0.421. The van der Waals surface area contributed by atoms with Crippen molar-refractivity contribution in [3.8, 4) is 0 Å². The van der Waals surface area contributed by atoms with Crippen molar-refractivity contribution in [1.29, 1.82) is 0 Å². The van der Waals surface area contributed by atoms with Crippen LogP contribution >= 0.6 is 11.6 Å². The number of likely N-dealkylation sites (tertiary alicyclic amines) is 1. The van der Waals surface area contributed by atoms with Gasteiger partial charge in [0.2, 0.25) is 17.7 Å². The van der Waals surface area contributed by atoms with Gasteiger partial charge in [0, 0.05) is 23.3 Å². The molecule has 2 aromatic carbocycles. The van der Waals surface area contributed by atoms with Gasteiger partial charge in [-0.2, -0.15) is 0 Å². The summed E-state index contributed by atoms with van der Waals surface area (Å²) in [6.07, 6.45) is 8.85. The van der Waals surface area contributed by atoms with Crippen molar-refractivity contribution in [3.63, 3.8) is 0 Å². The molecule has 8 heteroatoms. The van der Waals surface area contributed by atoms with Gasteiger partial charge in [-0.1, -0.05) is 87.2 Å². The highest BCUT2D eigenvalue weighted by Crippen LogP contribution is 2.55. The van der Waals surface area contributed by atoms with E-state index in [4.69, 9.17) is 16.3 Å². The fourth-order valence-electron chi connectivity index (χ4n) is 7.15. The summed E-state index contributed by atoms with van der Waals surface area (Å²) in [7, 11) is 0. The third-order valence-corrected chi connectivity index (χ3v) is 9.67. The van der Waals surface area contributed by atoms with E-state index in [0.29, 0.717) is 29.6 Å². The number of halogens is 1. The Kier molecular flexibility index (Phi) is 7.68. The number of benzene rings is 2. The van der Waals surface area contributed by atoms with E-state index in [1.54, 1.807) is 4.90 Å². The number of carbonyl (C=O) groups is 3. The second-order valence-electron chi connectivity index (χ2n) is 12.2. The second-order valence-corrected chi connectivity index (χ2v) is 12.6. The molecule has 7 nitrogen and oxygen atoms in total. The molecule has 2 N–H and O–H groups in total. The molecule has 3 heterocycles. The first-order chi connectivity index (χ1) is 19.8. The van der Waals surface area contributed by atoms with E-state index < -0.39 is 29.6 Å². The topological polar surface area (TPSA) is 87.7 Å². The molecule has 0 aromatic heterocycles. The molecule has 41 heavy (non-hydrogen) atoms. The van der Waals surface area contributed by atoms with Crippen LogP contribution in [0, 0.1) is 11.8 Å². The monoisotopic (exact) mass is 575 g/mol. The summed E-state index contributed by atoms with van der Waals surface area (Å²) in [5.74, 6) is -1.82. The molecular formula is C33H38ClN3O4. The highest BCUT2D eigenvalue weighted by Gasteiger charge is 2.72. The summed E-state index contributed by atoms with van der Waals surface area (Å²) in [6.45, 7) is 4.54. The minimum Gasteiger partial charge on any atom is -0.359 e. The molecule has 2 bridgehead atoms. The Labute approximate surface area is 246 Å². The molecule has 2 aromatic rings. The van der Waals surface area contributed by atoms with Crippen LogP contribution in [-0.2, 0) is 25.5 Å². The lowest BCUT2D eigenvalue weighted by Crippen LogP contribution is -2.56. The van der Waals surface area contributed by atoms with E-state index in [1.165, 1.54) is 12.0 Å². The zero-order valence-electron chi connectivity index (χ0n) is 23.6. The molecule has 4 aliphatic rings. The Balaban J connectivity index is 1.28. The van der Waals surface area contributed by atoms with E-state index in [2.05, 4.69) is 24.5 Å². The first-order valence-electron chi connectivity index (χ1n) is 14.9. The molecule has 3 fully saturated rings. The lowest BCUT2D eigenvalue weighted by atomic mass is 9.74. The zero-order chi connectivity index (χ0) is 28.7. The van der Waals surface area contributed by atoms with E-state index in [9.17, 15) is 14.4 Å². The highest BCUT2D eigenvalue weighted by atomic mass is 35.5. The minimum atomic E-state index is -1.18. The number of hydrogen-bond donors (Lipinski definition) is 2. The van der Waals surface area contributed by atoms with Crippen LogP contribution in [0.2, 0.25) is 5.02 Å². The third-order valence-electron chi connectivity index (χ3n) is 9.30. The first kappa shape index (κ1) is 28.0. The number of anilines is 1. The van der Waals surface area contributed by atoms with Crippen LogP contribution in [0.4, 0.5) is 5.69 Å². The number of amides is 3. The molecule has 2 saturated heterocycles. The van der Waals surface area contributed by atoms with Crippen molar-refractivity contribution in [2.45, 2.75) is 82.1 Å². The summed E-state index contributed by atoms with van der Waals surface area (Å²) in [5.41, 5.74) is 1.58. The number of carbonyl (C=O) groups excluding carboxylic acids is 3. The smallest absolute Gasteiger partial charge is 0.246 e. The van der Waals surface area contributed by atoms with Gasteiger partial charge in [-0.15, -0.1) is 0 Å². The van der Waals surface area contributed by atoms with Gasteiger partial charge in [-0.25, -0.2) is 0 Å². The lowest BCUT2D eigenvalue weighted by molar-refractivity contribution is -0.141. The normalized spacial score (nSPS) is 28.8. The number of nitrogens with one attached hydrogen (secondary N) is 2. The van der Waals surface area contributed by atoms with Crippen molar-refractivity contribution in [1.82, 2.24) is 10.2 Å². The highest BCUT2D eigenvalue weighted by molar-refractivity contribution is 6.31. The van der Waals surface area contributed by atoms with Gasteiger partial charge in [0.25, 0.3) is 0 Å². The predicted molar refractivity (Wildman–Crippen MR) is 159 cm³/mol. The predicted octanol–water partition coefficient (Wildman–Crippen LogP) is 5.24. The molecular weight excluding hydrogens is 538 g/mol. The van der Waals surface area contributed by atoms with E-state index >= 15 is 0 Å². The average molecular weight is 576 g/mol. The number of rotatable bonds is 8. The van der Waals surface area contributed by atoms with Crippen molar-refractivity contribution in [3.05, 3.63) is 76.8 Å². The molecule has 3 unspecified atom stereocenters. The van der Waals surface area contributed by atoms with Crippen LogP contribution in [0.25, 0.3) is 0 Å². The van der Waals surface area contributed by atoms with Crippen LogP contribution in [0.15, 0.2) is 60.7 Å². The fraction of sp³-hybridized carbons (Fsp3) is 0.485. The van der Waals surface area contributed by atoms with E-state index in [1.807, 2.05) is 60.7 Å². The average Bonchev–Trinajstić information content (AvgIpc) is 3.60. The molecule has 1 saturated carbocycles. The molecule has 3 amide bonds. The number of nitrogens with zero attached hydrogens (tertiary/aromatic N) is 1. The Hall–Kier alpha value is -3.16. The fourth-order valence-corrected chi connectivity index (χ4v) is 7.38. The number of fused-ring (bicyclic) bond motifs is 1. The van der Waals surface area contributed by atoms with Gasteiger partial charge < -0.3 is 20.3 Å². The molecule has 1 spiro atoms. The van der Waals surface area contributed by atoms with Crippen LogP contribution in [-0.4, -0.2) is 53.0 Å². The largest absolute Gasteiger partial charge is 0.359 e. The maximum Gasteiger partial charge on any atom is 0.246 e. The lowest BCUT2D eigenvalue weighted by Gasteiger charge is -2.34. The van der Waals surface area contributed by atoms with Gasteiger partial charge >= 0.3 is 0 Å². The van der Waals surface area contributed by atoms with Crippen molar-refractivity contribution in [2.75, 3.05) is 11.9 Å². The van der Waals surface area contributed by atoms with Crippen LogP contribution in [0.5, 0.6) is 0 Å². The van der Waals surface area contributed by atoms with Crippen LogP contribution < -0.4 is 10.6 Å². The Morgan fingerprint density at radius 1 is 1.05 bits per heavy atom. The summed E-state index contributed by atoms with van der Waals surface area (Å²) >= 11 is 6.43. The molecule has 3 aliphatic heterocycles. The Morgan fingerprint density at radius 3 is 2.49 bits per heavy atom. The van der Waals surface area contributed by atoms with Crippen molar-refractivity contribution < 1.29 is 19.1 Å². The van der Waals surface area contributed by atoms with E-state index in [-0.39, 0.29) is 23.8 Å². The third kappa shape index (κ3) is 5.08. The standard InChI is InChI=1S/C33H38ClN3O4/c1-20(2)21-12-14-24(15-13-21)35-30(38)27-26-16-18-33(41-26)28(27)32(40)37(19-17-22-8-6-7-11-25(22)34)29(33)31(39)36-23-9-4-3-5-10-23/h6-8,11-16,18,20,23,26-29H,3-5,9-10,17,19H2,1-2H3,(H,35,38)(H,36,39)/t26-,27?,28-,29?,33?/m1/s1. The maximum absolute atomic E-state index is 14.2. The summed E-state index contributed by atoms with van der Waals surface area (Å²) in [6, 6.07) is 14.6. The first-order valence-corrected chi connectivity index (χ1v) is 15.3. The maximum atomic E-state index is 14.2. The summed E-state index contributed by atoms with van der Waals surface area (Å²) in [5, 5.41) is 6.87. The Morgan fingerprint density at radius 2 is 1.78 bits per heavy atom. The minimum absolute atomic E-state index is 0.0858. The summed E-state index contributed by atoms with van der Waals surface area (Å²) < 4.78 is 6.48. The van der Waals surface area contributed by atoms with Gasteiger partial charge in [0.1, 0.15) is 11.6 Å². The molecule has 1 aliphatic carbocycles. The van der Waals surface area contributed by atoms with Crippen molar-refractivity contribution in [2.24, 2.45) is 11.8 Å². The van der Waals surface area contributed by atoms with E-state index in [0.717, 1.165) is 31.2 Å². The van der Waals surface area contributed by atoms with Gasteiger partial charge in [-0.05, 0) is 54.5 Å². The molecule has 5 atom stereocenters. The van der Waals surface area contributed by atoms with Gasteiger partial charge in [0.15, 0.2) is 0 Å². The second kappa shape index (κ2) is 11.3. The van der Waals surface area contributed by atoms with Gasteiger partial charge in [-0.3, -0.25) is 14.4 Å². The van der Waals surface area contributed by atoms with Gasteiger partial charge in [0.05, 0.1) is 17.9 Å². The number of ether oxygens (including phenoxy) is 1. The Bertz CT molecular complexity index is 1350. The zero-order valence-corrected chi connectivity index (χ0v) is 24.4. The van der Waals surface area contributed by atoms with Crippen LogP contribution in [0.1, 0.15) is 63.0 Å². The summed E-state index contributed by atoms with van der Waals surface area (Å²) in [4.78, 5) is 43.5. The number of hydrogen-bond acceptors (Lipinski definition) is 4. The van der Waals surface area contributed by atoms with Crippen LogP contribution in [0.3, 0.4) is 0 Å². The molecule has 0 radical (unpaired) electrons. The molecule has 6 rings (SSSR count). The van der Waals surface area contributed by atoms with Crippen molar-refractivity contribution >= 4 is 35.0 Å².